The van der Waals surface area contributed by atoms with E-state index in [-0.39, 0.29) is 5.28 Å². The largest absolute Gasteiger partial charge is 0.497 e. The number of methoxy groups -OCH3 is 1. The van der Waals surface area contributed by atoms with Crippen molar-refractivity contribution in [2.75, 3.05) is 12.8 Å². The maximum Gasteiger partial charge on any atom is 0.224 e. The predicted octanol–water partition coefficient (Wildman–Crippen LogP) is 4.69. The Labute approximate surface area is 156 Å². The summed E-state index contributed by atoms with van der Waals surface area (Å²) in [6.07, 6.45) is 3.24. The van der Waals surface area contributed by atoms with E-state index >= 15 is 0 Å². The number of rotatable bonds is 3. The molecule has 6 heteroatoms. The quantitative estimate of drug-likeness (QED) is 0.538. The number of aromatic nitrogens is 2. The van der Waals surface area contributed by atoms with Gasteiger partial charge in [0.2, 0.25) is 5.28 Å². The number of nitrogens with zero attached hydrogens (tertiary/aromatic N) is 3. The van der Waals surface area contributed by atoms with Gasteiger partial charge in [-0.25, -0.2) is 9.97 Å². The number of nitriles is 1. The van der Waals surface area contributed by atoms with Gasteiger partial charge in [0, 0.05) is 17.0 Å². The van der Waals surface area contributed by atoms with Crippen LogP contribution in [0.25, 0.3) is 28.1 Å². The summed E-state index contributed by atoms with van der Waals surface area (Å²) in [5.41, 5.74) is 11.7. The highest BCUT2D eigenvalue weighted by atomic mass is 35.5. The van der Waals surface area contributed by atoms with Gasteiger partial charge in [-0.3, -0.25) is 0 Å². The number of nitrogens with two attached hydrogens (primary N) is 1. The van der Waals surface area contributed by atoms with Crippen LogP contribution in [0.15, 0.2) is 30.3 Å². The number of benzene rings is 2. The highest BCUT2D eigenvalue weighted by Gasteiger charge is 2.16. The van der Waals surface area contributed by atoms with Crippen molar-refractivity contribution in [1.29, 1.82) is 5.26 Å². The number of fused-ring (bicyclic) bond motifs is 1. The predicted molar refractivity (Wildman–Crippen MR) is 105 cm³/mol. The molecule has 130 valence electrons. The van der Waals surface area contributed by atoms with Gasteiger partial charge in [0.15, 0.2) is 0 Å². The molecule has 3 aromatic rings. The molecule has 0 spiro atoms. The first-order valence-electron chi connectivity index (χ1n) is 7.93. The molecule has 26 heavy (non-hydrogen) atoms. The van der Waals surface area contributed by atoms with E-state index < -0.39 is 0 Å². The number of nitrogen functional groups attached to an aromatic ring is 1. The number of ether oxygens (including phenoxy) is 1. The van der Waals surface area contributed by atoms with E-state index in [0.29, 0.717) is 22.5 Å². The molecular weight excluding hydrogens is 348 g/mol. The first-order chi connectivity index (χ1) is 12.4. The van der Waals surface area contributed by atoms with Crippen LogP contribution in [0.5, 0.6) is 5.75 Å². The number of aryl methyl sites for hydroxylation is 2. The van der Waals surface area contributed by atoms with Crippen LogP contribution in [-0.2, 0) is 0 Å². The van der Waals surface area contributed by atoms with E-state index in [4.69, 9.17) is 27.3 Å². The maximum atomic E-state index is 8.74. The van der Waals surface area contributed by atoms with Gasteiger partial charge in [-0.05, 0) is 65.9 Å². The molecule has 0 unspecified atom stereocenters. The zero-order chi connectivity index (χ0) is 18.8. The zero-order valence-electron chi connectivity index (χ0n) is 14.7. The van der Waals surface area contributed by atoms with Gasteiger partial charge in [0.1, 0.15) is 11.6 Å². The Morgan fingerprint density at radius 2 is 1.85 bits per heavy atom. The lowest BCUT2D eigenvalue weighted by Gasteiger charge is -2.16. The third-order valence-electron chi connectivity index (χ3n) is 4.19. The van der Waals surface area contributed by atoms with Crippen LogP contribution in [0, 0.1) is 25.2 Å². The molecule has 0 saturated heterocycles. The van der Waals surface area contributed by atoms with Gasteiger partial charge in [0.05, 0.1) is 18.7 Å². The molecule has 1 aromatic heterocycles. The molecular formula is C20H17ClN4O. The zero-order valence-corrected chi connectivity index (χ0v) is 15.4. The molecule has 2 aromatic carbocycles. The fourth-order valence-corrected chi connectivity index (χ4v) is 3.34. The Morgan fingerprint density at radius 3 is 2.46 bits per heavy atom. The molecule has 1 heterocycles. The topological polar surface area (TPSA) is 84.8 Å². The lowest BCUT2D eigenvalue weighted by molar-refractivity contribution is 0.415. The number of hydrogen-bond acceptors (Lipinski definition) is 5. The molecule has 0 amide bonds. The van der Waals surface area contributed by atoms with Gasteiger partial charge in [-0.2, -0.15) is 5.26 Å². The van der Waals surface area contributed by atoms with E-state index in [1.165, 1.54) is 6.08 Å². The third-order valence-corrected chi connectivity index (χ3v) is 4.36. The van der Waals surface area contributed by atoms with Gasteiger partial charge in [-0.15, -0.1) is 0 Å². The van der Waals surface area contributed by atoms with Crippen molar-refractivity contribution in [3.8, 4) is 22.9 Å². The van der Waals surface area contributed by atoms with Crippen LogP contribution >= 0.6 is 11.6 Å². The summed E-state index contributed by atoms with van der Waals surface area (Å²) in [5.74, 6) is 0.974. The van der Waals surface area contributed by atoms with Crippen molar-refractivity contribution in [3.63, 3.8) is 0 Å². The van der Waals surface area contributed by atoms with Crippen molar-refractivity contribution >= 4 is 34.4 Å². The second-order valence-corrected chi connectivity index (χ2v) is 6.28. The molecule has 0 fully saturated rings. The number of hydrogen-bond donors (Lipinski definition) is 1. The van der Waals surface area contributed by atoms with Gasteiger partial charge in [0.25, 0.3) is 0 Å². The van der Waals surface area contributed by atoms with E-state index in [2.05, 4.69) is 9.97 Å². The van der Waals surface area contributed by atoms with E-state index in [9.17, 15) is 0 Å². The Morgan fingerprint density at radius 1 is 1.15 bits per heavy atom. The minimum Gasteiger partial charge on any atom is -0.497 e. The number of anilines is 1. The molecule has 0 aliphatic rings. The van der Waals surface area contributed by atoms with Crippen molar-refractivity contribution < 1.29 is 4.74 Å². The monoisotopic (exact) mass is 364 g/mol. The Kier molecular flexibility index (Phi) is 4.79. The summed E-state index contributed by atoms with van der Waals surface area (Å²) in [6, 6.07) is 9.78. The van der Waals surface area contributed by atoms with Crippen LogP contribution < -0.4 is 10.5 Å². The van der Waals surface area contributed by atoms with Crippen molar-refractivity contribution in [1.82, 2.24) is 9.97 Å². The van der Waals surface area contributed by atoms with E-state index in [1.54, 1.807) is 19.3 Å². The summed E-state index contributed by atoms with van der Waals surface area (Å²) in [6.45, 7) is 4.03. The standard InChI is InChI=1S/C20H17ClN4O/c1-11-7-13(5-4-6-22)8-12(2)17(11)15-9-14(26-3)10-16-18(15)24-20(21)25-19(16)23/h4-5,7-10H,1-3H3,(H2,23,24,25)/b5-4+. The molecule has 5 nitrogen and oxygen atoms in total. The summed E-state index contributed by atoms with van der Waals surface area (Å²) < 4.78 is 5.43. The van der Waals surface area contributed by atoms with Gasteiger partial charge in [-0.1, -0.05) is 12.1 Å². The Hall–Kier alpha value is -3.10. The van der Waals surface area contributed by atoms with Crippen molar-refractivity contribution in [2.45, 2.75) is 13.8 Å². The Balaban J connectivity index is 2.35. The van der Waals surface area contributed by atoms with Crippen molar-refractivity contribution in [2.24, 2.45) is 0 Å². The van der Waals surface area contributed by atoms with Gasteiger partial charge >= 0.3 is 0 Å². The molecule has 0 saturated carbocycles. The minimum absolute atomic E-state index is 0.102. The summed E-state index contributed by atoms with van der Waals surface area (Å²) in [4.78, 5) is 8.45. The normalized spacial score (nSPS) is 11.0. The lowest BCUT2D eigenvalue weighted by atomic mass is 9.91. The lowest BCUT2D eigenvalue weighted by Crippen LogP contribution is -1.99. The number of halogens is 1. The molecule has 3 rings (SSSR count). The van der Waals surface area contributed by atoms with Crippen LogP contribution in [-0.4, -0.2) is 17.1 Å². The molecule has 0 atom stereocenters. The second-order valence-electron chi connectivity index (χ2n) is 5.94. The smallest absolute Gasteiger partial charge is 0.224 e. The average molecular weight is 365 g/mol. The molecule has 0 aliphatic carbocycles. The van der Waals surface area contributed by atoms with Crippen LogP contribution in [0.1, 0.15) is 16.7 Å². The van der Waals surface area contributed by atoms with Gasteiger partial charge < -0.3 is 10.5 Å². The minimum atomic E-state index is 0.102. The fourth-order valence-electron chi connectivity index (χ4n) is 3.16. The Bertz CT molecular complexity index is 1060. The first kappa shape index (κ1) is 17.7. The maximum absolute atomic E-state index is 8.74. The fraction of sp³-hybridized carbons (Fsp3) is 0.150. The third kappa shape index (κ3) is 3.19. The highest BCUT2D eigenvalue weighted by Crippen LogP contribution is 2.38. The highest BCUT2D eigenvalue weighted by molar-refractivity contribution is 6.29. The molecule has 2 N–H and O–H groups in total. The van der Waals surface area contributed by atoms with E-state index in [1.807, 2.05) is 38.1 Å². The summed E-state index contributed by atoms with van der Waals surface area (Å²) in [5, 5.41) is 9.53. The van der Waals surface area contributed by atoms with Crippen LogP contribution in [0.4, 0.5) is 5.82 Å². The molecule has 0 aliphatic heterocycles. The van der Waals surface area contributed by atoms with Crippen molar-refractivity contribution in [3.05, 3.63) is 52.3 Å². The molecule has 0 radical (unpaired) electrons. The first-order valence-corrected chi connectivity index (χ1v) is 8.31. The van der Waals surface area contributed by atoms with Crippen LogP contribution in [0.2, 0.25) is 5.28 Å². The summed E-state index contributed by atoms with van der Waals surface area (Å²) in [7, 11) is 1.60. The van der Waals surface area contributed by atoms with E-state index in [0.717, 1.165) is 27.8 Å². The van der Waals surface area contributed by atoms with Crippen LogP contribution in [0.3, 0.4) is 0 Å². The molecule has 0 bridgehead atoms. The number of allylic oxidation sites excluding steroid dienone is 1. The second kappa shape index (κ2) is 7.03. The SMILES string of the molecule is COc1cc(-c2c(C)cc(/C=C/C#N)cc2C)c2nc(Cl)nc(N)c2c1. The average Bonchev–Trinajstić information content (AvgIpc) is 2.59. The summed E-state index contributed by atoms with van der Waals surface area (Å²) >= 11 is 6.05.